The van der Waals surface area contributed by atoms with E-state index >= 15 is 0 Å². The Balaban J connectivity index is 0.000000429. The van der Waals surface area contributed by atoms with Crippen LogP contribution in [0.15, 0.2) is 36.5 Å². The third-order valence-electron chi connectivity index (χ3n) is 5.70. The minimum absolute atomic E-state index is 0.0181. The highest BCUT2D eigenvalue weighted by molar-refractivity contribution is 7.99. The average molecular weight is 515 g/mol. The van der Waals surface area contributed by atoms with Gasteiger partial charge in [-0.3, -0.25) is 4.90 Å². The van der Waals surface area contributed by atoms with Crippen molar-refractivity contribution in [2.45, 2.75) is 38.1 Å². The zero-order valence-electron chi connectivity index (χ0n) is 19.2. The molecule has 9 nitrogen and oxygen atoms in total. The van der Waals surface area contributed by atoms with E-state index in [2.05, 4.69) is 26.7 Å². The number of piperidine rings is 1. The molecule has 0 bridgehead atoms. The van der Waals surface area contributed by atoms with Gasteiger partial charge in [0.05, 0.1) is 17.9 Å². The summed E-state index contributed by atoms with van der Waals surface area (Å²) in [4.78, 5) is 25.7. The van der Waals surface area contributed by atoms with Gasteiger partial charge in [-0.1, -0.05) is 35.5 Å². The van der Waals surface area contributed by atoms with Gasteiger partial charge in [0.25, 0.3) is 0 Å². The summed E-state index contributed by atoms with van der Waals surface area (Å²) in [7, 11) is 0. The van der Waals surface area contributed by atoms with Crippen molar-refractivity contribution in [1.82, 2.24) is 30.1 Å². The molecule has 0 unspecified atom stereocenters. The van der Waals surface area contributed by atoms with E-state index in [0.717, 1.165) is 56.8 Å². The lowest BCUT2D eigenvalue weighted by Crippen LogP contribution is -2.44. The van der Waals surface area contributed by atoms with Gasteiger partial charge in [-0.15, -0.1) is 5.10 Å². The average Bonchev–Trinajstić information content (AvgIpc) is 3.32. The van der Waals surface area contributed by atoms with Crippen molar-refractivity contribution in [2.24, 2.45) is 0 Å². The SMILES string of the molecule is O=C(NCc1ccccc1)N1CCC(n2cc(CN3CCSCC3)nn2)CC1.O=C(O)C(F)(F)F. The number of aromatic nitrogens is 3. The van der Waals surface area contributed by atoms with Crippen LogP contribution in [0.5, 0.6) is 0 Å². The number of halogens is 3. The van der Waals surface area contributed by atoms with Gasteiger partial charge >= 0.3 is 18.2 Å². The molecule has 2 fully saturated rings. The highest BCUT2D eigenvalue weighted by Gasteiger charge is 2.38. The summed E-state index contributed by atoms with van der Waals surface area (Å²) in [5.41, 5.74) is 2.17. The Labute approximate surface area is 205 Å². The van der Waals surface area contributed by atoms with Gasteiger partial charge in [0.15, 0.2) is 0 Å². The molecular formula is C22H29F3N6O3S. The molecule has 0 atom stereocenters. The number of carbonyl (C=O) groups is 2. The van der Waals surface area contributed by atoms with Crippen LogP contribution < -0.4 is 5.32 Å². The number of carboxylic acids is 1. The first-order valence-corrected chi connectivity index (χ1v) is 12.5. The predicted octanol–water partition coefficient (Wildman–Crippen LogP) is 3.01. The molecule has 13 heteroatoms. The second-order valence-corrected chi connectivity index (χ2v) is 9.47. The first kappa shape index (κ1) is 26.8. The van der Waals surface area contributed by atoms with Crippen LogP contribution in [-0.2, 0) is 17.9 Å². The van der Waals surface area contributed by atoms with E-state index in [-0.39, 0.29) is 6.03 Å². The first-order valence-electron chi connectivity index (χ1n) is 11.3. The summed E-state index contributed by atoms with van der Waals surface area (Å²) >= 11 is 2.02. The molecular weight excluding hydrogens is 485 g/mol. The number of alkyl halides is 3. The second-order valence-electron chi connectivity index (χ2n) is 8.24. The van der Waals surface area contributed by atoms with E-state index in [1.807, 2.05) is 51.7 Å². The minimum Gasteiger partial charge on any atom is -0.475 e. The lowest BCUT2D eigenvalue weighted by atomic mass is 10.1. The van der Waals surface area contributed by atoms with Gasteiger partial charge < -0.3 is 15.3 Å². The van der Waals surface area contributed by atoms with E-state index in [4.69, 9.17) is 9.90 Å². The van der Waals surface area contributed by atoms with Crippen LogP contribution in [0.1, 0.15) is 30.1 Å². The quantitative estimate of drug-likeness (QED) is 0.632. The van der Waals surface area contributed by atoms with E-state index in [0.29, 0.717) is 12.6 Å². The molecule has 2 aromatic rings. The molecule has 3 heterocycles. The monoisotopic (exact) mass is 514 g/mol. The van der Waals surface area contributed by atoms with Crippen molar-refractivity contribution in [3.63, 3.8) is 0 Å². The van der Waals surface area contributed by atoms with Crippen molar-refractivity contribution in [3.8, 4) is 0 Å². The number of hydrogen-bond donors (Lipinski definition) is 2. The van der Waals surface area contributed by atoms with E-state index < -0.39 is 12.1 Å². The van der Waals surface area contributed by atoms with Crippen LogP contribution in [0.2, 0.25) is 0 Å². The van der Waals surface area contributed by atoms with Crippen LogP contribution in [0.4, 0.5) is 18.0 Å². The molecule has 2 aliphatic rings. The Bertz CT molecular complexity index is 945. The molecule has 2 aliphatic heterocycles. The number of benzene rings is 1. The van der Waals surface area contributed by atoms with Gasteiger partial charge in [0, 0.05) is 50.8 Å². The molecule has 192 valence electrons. The number of amides is 2. The molecule has 1 aromatic carbocycles. The smallest absolute Gasteiger partial charge is 0.475 e. The molecule has 0 aliphatic carbocycles. The maximum absolute atomic E-state index is 12.4. The second kappa shape index (κ2) is 12.8. The Morgan fingerprint density at radius 1 is 1.09 bits per heavy atom. The predicted molar refractivity (Wildman–Crippen MR) is 125 cm³/mol. The first-order chi connectivity index (χ1) is 16.7. The van der Waals surface area contributed by atoms with E-state index in [1.54, 1.807) is 0 Å². The number of nitrogens with one attached hydrogen (secondary N) is 1. The number of likely N-dealkylation sites (tertiary alicyclic amines) is 1. The molecule has 1 aromatic heterocycles. The van der Waals surface area contributed by atoms with Crippen LogP contribution in [0, 0.1) is 0 Å². The van der Waals surface area contributed by atoms with Gasteiger partial charge in [-0.05, 0) is 18.4 Å². The van der Waals surface area contributed by atoms with Gasteiger partial charge in [0.2, 0.25) is 0 Å². The standard InChI is InChI=1S/C20H28N6OS.C2HF3O2/c27-20(21-14-17-4-2-1-3-5-17)25-8-6-19(7-9-25)26-16-18(22-23-26)15-24-10-12-28-13-11-24;3-2(4,5)1(6)7/h1-5,16,19H,6-15H2,(H,21,27);(H,6,7). The van der Waals surface area contributed by atoms with Crippen molar-refractivity contribution >= 4 is 23.8 Å². The Hall–Kier alpha value is -2.80. The summed E-state index contributed by atoms with van der Waals surface area (Å²) in [6.45, 7) is 5.23. The summed E-state index contributed by atoms with van der Waals surface area (Å²) in [6, 6.07) is 10.4. The fourth-order valence-corrected chi connectivity index (χ4v) is 4.75. The Morgan fingerprint density at radius 3 is 2.31 bits per heavy atom. The Morgan fingerprint density at radius 2 is 1.71 bits per heavy atom. The third kappa shape index (κ3) is 8.73. The number of aliphatic carboxylic acids is 1. The summed E-state index contributed by atoms with van der Waals surface area (Å²) in [6.07, 6.45) is -1.15. The number of carboxylic acid groups (broad SMARTS) is 1. The zero-order chi connectivity index (χ0) is 25.3. The molecule has 35 heavy (non-hydrogen) atoms. The van der Waals surface area contributed by atoms with Gasteiger partial charge in [0.1, 0.15) is 0 Å². The summed E-state index contributed by atoms with van der Waals surface area (Å²) < 4.78 is 33.7. The number of nitrogens with zero attached hydrogens (tertiary/aromatic N) is 5. The maximum atomic E-state index is 12.4. The number of thioether (sulfide) groups is 1. The van der Waals surface area contributed by atoms with E-state index in [9.17, 15) is 18.0 Å². The lowest BCUT2D eigenvalue weighted by Gasteiger charge is -2.31. The molecule has 0 radical (unpaired) electrons. The van der Waals surface area contributed by atoms with Gasteiger partial charge in [-0.25, -0.2) is 14.3 Å². The Kier molecular flexibility index (Phi) is 9.78. The fraction of sp³-hybridized carbons (Fsp3) is 0.545. The number of urea groups is 1. The van der Waals surface area contributed by atoms with Crippen LogP contribution in [-0.4, -0.2) is 85.8 Å². The highest BCUT2D eigenvalue weighted by atomic mass is 32.2. The minimum atomic E-state index is -5.08. The molecule has 2 N–H and O–H groups in total. The van der Waals surface area contributed by atoms with Crippen molar-refractivity contribution in [1.29, 1.82) is 0 Å². The zero-order valence-corrected chi connectivity index (χ0v) is 20.0. The number of carbonyl (C=O) groups excluding carboxylic acids is 1. The molecule has 2 amide bonds. The van der Waals surface area contributed by atoms with Crippen molar-refractivity contribution < 1.29 is 27.9 Å². The van der Waals surface area contributed by atoms with Crippen LogP contribution >= 0.6 is 11.8 Å². The third-order valence-corrected chi connectivity index (χ3v) is 6.64. The molecule has 0 spiro atoms. The topological polar surface area (TPSA) is 104 Å². The maximum Gasteiger partial charge on any atom is 0.490 e. The summed E-state index contributed by atoms with van der Waals surface area (Å²) in [5, 5.41) is 18.9. The lowest BCUT2D eigenvalue weighted by molar-refractivity contribution is -0.192. The molecule has 2 saturated heterocycles. The normalized spacial score (nSPS) is 17.4. The highest BCUT2D eigenvalue weighted by Crippen LogP contribution is 2.22. The van der Waals surface area contributed by atoms with Crippen molar-refractivity contribution in [2.75, 3.05) is 37.7 Å². The van der Waals surface area contributed by atoms with Crippen LogP contribution in [0.3, 0.4) is 0 Å². The summed E-state index contributed by atoms with van der Waals surface area (Å²) in [5.74, 6) is -0.342. The number of rotatable bonds is 5. The van der Waals surface area contributed by atoms with E-state index in [1.165, 1.54) is 11.5 Å². The van der Waals surface area contributed by atoms with Crippen molar-refractivity contribution in [3.05, 3.63) is 47.8 Å². The molecule has 0 saturated carbocycles. The fourth-order valence-electron chi connectivity index (χ4n) is 3.77. The number of hydrogen-bond acceptors (Lipinski definition) is 6. The van der Waals surface area contributed by atoms with Crippen LogP contribution in [0.25, 0.3) is 0 Å². The van der Waals surface area contributed by atoms with Gasteiger partial charge in [-0.2, -0.15) is 24.9 Å². The molecule has 4 rings (SSSR count). The largest absolute Gasteiger partial charge is 0.490 e.